The van der Waals surface area contributed by atoms with Gasteiger partial charge in [0.25, 0.3) is 0 Å². The summed E-state index contributed by atoms with van der Waals surface area (Å²) in [6, 6.07) is 7.64. The van der Waals surface area contributed by atoms with Crippen LogP contribution < -0.4 is 10.7 Å². The second-order valence-corrected chi connectivity index (χ2v) is 6.43. The van der Waals surface area contributed by atoms with Crippen LogP contribution in [0, 0.1) is 13.8 Å². The minimum absolute atomic E-state index is 0.00388. The number of methoxy groups -OCH3 is 1. The highest BCUT2D eigenvalue weighted by atomic mass is 16.5. The largest absolute Gasteiger partial charge is 0.383 e. The van der Waals surface area contributed by atoms with Gasteiger partial charge < -0.3 is 15.0 Å². The molecule has 0 amide bonds. The van der Waals surface area contributed by atoms with E-state index in [1.165, 1.54) is 0 Å². The molecule has 0 saturated heterocycles. The minimum Gasteiger partial charge on any atom is -0.383 e. The summed E-state index contributed by atoms with van der Waals surface area (Å²) in [6.07, 6.45) is 1.77. The molecule has 3 rings (SSSR count). The van der Waals surface area contributed by atoms with Crippen molar-refractivity contribution in [2.24, 2.45) is 7.05 Å². The van der Waals surface area contributed by atoms with Crippen molar-refractivity contribution in [1.82, 2.24) is 20.1 Å². The highest BCUT2D eigenvalue weighted by Gasteiger charge is 2.15. The molecule has 2 aromatic heterocycles. The number of aromatic amines is 1. The zero-order chi connectivity index (χ0) is 18.0. The fraction of sp³-hybridized carbons (Fsp3) is 0.368. The molecular weight excluding hydrogens is 316 g/mol. The van der Waals surface area contributed by atoms with Gasteiger partial charge in [-0.3, -0.25) is 9.48 Å². The molecule has 0 spiro atoms. The molecule has 2 N–H and O–H groups in total. The van der Waals surface area contributed by atoms with Crippen LogP contribution in [-0.2, 0) is 18.3 Å². The van der Waals surface area contributed by atoms with Gasteiger partial charge in [-0.05, 0) is 37.1 Å². The summed E-state index contributed by atoms with van der Waals surface area (Å²) in [6.45, 7) is 5.09. The summed E-state index contributed by atoms with van der Waals surface area (Å²) in [5, 5.41) is 8.40. The number of rotatable bonds is 6. The number of aromatic nitrogens is 3. The van der Waals surface area contributed by atoms with Crippen molar-refractivity contribution in [2.75, 3.05) is 13.7 Å². The third-order valence-corrected chi connectivity index (χ3v) is 4.42. The number of benzene rings is 1. The Kier molecular flexibility index (Phi) is 5.01. The molecule has 6 heteroatoms. The molecular formula is C19H24N4O2. The predicted molar refractivity (Wildman–Crippen MR) is 98.7 cm³/mol. The van der Waals surface area contributed by atoms with Crippen LogP contribution in [-0.4, -0.2) is 28.5 Å². The Bertz CT molecular complexity index is 942. The summed E-state index contributed by atoms with van der Waals surface area (Å²) < 4.78 is 7.15. The first kappa shape index (κ1) is 17.4. The molecule has 0 bridgehead atoms. The Hall–Kier alpha value is -2.44. The zero-order valence-corrected chi connectivity index (χ0v) is 15.1. The van der Waals surface area contributed by atoms with E-state index in [2.05, 4.69) is 21.5 Å². The van der Waals surface area contributed by atoms with Gasteiger partial charge in [0.05, 0.1) is 23.9 Å². The van der Waals surface area contributed by atoms with Gasteiger partial charge in [0.2, 0.25) is 0 Å². The van der Waals surface area contributed by atoms with Crippen molar-refractivity contribution in [3.8, 4) is 0 Å². The highest BCUT2D eigenvalue weighted by Crippen LogP contribution is 2.17. The molecule has 1 atom stereocenters. The van der Waals surface area contributed by atoms with Gasteiger partial charge in [0.15, 0.2) is 5.43 Å². The van der Waals surface area contributed by atoms with Crippen molar-refractivity contribution < 1.29 is 4.74 Å². The van der Waals surface area contributed by atoms with Gasteiger partial charge in [-0.25, -0.2) is 0 Å². The molecule has 0 unspecified atom stereocenters. The van der Waals surface area contributed by atoms with Crippen LogP contribution in [0.4, 0.5) is 0 Å². The molecule has 0 aliphatic heterocycles. The standard InChI is InChI=1S/C19H24N4O2/c1-12-7-13(2)19-15(8-12)18(24)9-14(22-19)10-20-16(11-25-4)17-5-6-21-23(17)3/h5-9,16,20H,10-11H2,1-4H3,(H,22,24)/t16-/m1/s1. The Balaban J connectivity index is 1.87. The lowest BCUT2D eigenvalue weighted by molar-refractivity contribution is 0.163. The predicted octanol–water partition coefficient (Wildman–Crippen LogP) is 2.36. The molecule has 25 heavy (non-hydrogen) atoms. The van der Waals surface area contributed by atoms with Crippen LogP contribution >= 0.6 is 0 Å². The summed E-state index contributed by atoms with van der Waals surface area (Å²) in [5.74, 6) is 0. The Labute approximate surface area is 146 Å². The molecule has 0 saturated carbocycles. The molecule has 1 aromatic carbocycles. The van der Waals surface area contributed by atoms with E-state index in [0.29, 0.717) is 13.2 Å². The molecule has 132 valence electrons. The number of nitrogens with one attached hydrogen (secondary N) is 2. The first-order valence-electron chi connectivity index (χ1n) is 8.33. The number of ether oxygens (including phenoxy) is 1. The monoisotopic (exact) mass is 340 g/mol. The maximum atomic E-state index is 12.5. The fourth-order valence-corrected chi connectivity index (χ4v) is 3.23. The second kappa shape index (κ2) is 7.21. The lowest BCUT2D eigenvalue weighted by Gasteiger charge is -2.18. The van der Waals surface area contributed by atoms with Crippen molar-refractivity contribution >= 4 is 10.9 Å². The zero-order valence-electron chi connectivity index (χ0n) is 15.1. The van der Waals surface area contributed by atoms with Crippen molar-refractivity contribution in [3.05, 3.63) is 63.2 Å². The van der Waals surface area contributed by atoms with E-state index in [1.807, 2.05) is 37.7 Å². The smallest absolute Gasteiger partial charge is 0.189 e. The van der Waals surface area contributed by atoms with E-state index < -0.39 is 0 Å². The van der Waals surface area contributed by atoms with E-state index in [-0.39, 0.29) is 11.5 Å². The van der Waals surface area contributed by atoms with Crippen LogP contribution in [0.3, 0.4) is 0 Å². The van der Waals surface area contributed by atoms with Gasteiger partial charge in [-0.1, -0.05) is 6.07 Å². The van der Waals surface area contributed by atoms with Gasteiger partial charge >= 0.3 is 0 Å². The Morgan fingerprint density at radius 1 is 1.32 bits per heavy atom. The lowest BCUT2D eigenvalue weighted by atomic mass is 10.1. The highest BCUT2D eigenvalue weighted by molar-refractivity contribution is 5.82. The maximum Gasteiger partial charge on any atom is 0.189 e. The Morgan fingerprint density at radius 3 is 2.80 bits per heavy atom. The normalized spacial score (nSPS) is 12.6. The van der Waals surface area contributed by atoms with E-state index in [9.17, 15) is 4.79 Å². The average molecular weight is 340 g/mol. The first-order chi connectivity index (χ1) is 12.0. The van der Waals surface area contributed by atoms with E-state index in [0.717, 1.165) is 33.4 Å². The number of hydrogen-bond donors (Lipinski definition) is 2. The Morgan fingerprint density at radius 2 is 2.12 bits per heavy atom. The molecule has 0 radical (unpaired) electrons. The molecule has 6 nitrogen and oxygen atoms in total. The molecule has 3 aromatic rings. The van der Waals surface area contributed by atoms with Crippen molar-refractivity contribution in [3.63, 3.8) is 0 Å². The van der Waals surface area contributed by atoms with Crippen LogP contribution in [0.15, 0.2) is 35.3 Å². The quantitative estimate of drug-likeness (QED) is 0.722. The van der Waals surface area contributed by atoms with Crippen LogP contribution in [0.5, 0.6) is 0 Å². The number of hydrogen-bond acceptors (Lipinski definition) is 4. The molecule has 2 heterocycles. The van der Waals surface area contributed by atoms with Gasteiger partial charge in [-0.15, -0.1) is 0 Å². The second-order valence-electron chi connectivity index (χ2n) is 6.43. The number of pyridine rings is 1. The maximum absolute atomic E-state index is 12.5. The van der Waals surface area contributed by atoms with Crippen molar-refractivity contribution in [2.45, 2.75) is 26.4 Å². The van der Waals surface area contributed by atoms with Gasteiger partial charge in [0, 0.05) is 44.0 Å². The van der Waals surface area contributed by atoms with Crippen LogP contribution in [0.25, 0.3) is 10.9 Å². The van der Waals surface area contributed by atoms with Crippen molar-refractivity contribution in [1.29, 1.82) is 0 Å². The topological polar surface area (TPSA) is 71.9 Å². The number of aryl methyl sites for hydroxylation is 3. The van der Waals surface area contributed by atoms with E-state index >= 15 is 0 Å². The fourth-order valence-electron chi connectivity index (χ4n) is 3.23. The summed E-state index contributed by atoms with van der Waals surface area (Å²) in [7, 11) is 3.58. The third kappa shape index (κ3) is 3.65. The number of H-pyrrole nitrogens is 1. The van der Waals surface area contributed by atoms with E-state index in [4.69, 9.17) is 4.74 Å². The van der Waals surface area contributed by atoms with Crippen LogP contribution in [0.2, 0.25) is 0 Å². The average Bonchev–Trinajstić information content (AvgIpc) is 2.98. The molecule has 0 fully saturated rings. The minimum atomic E-state index is -0.00388. The molecule has 0 aliphatic carbocycles. The van der Waals surface area contributed by atoms with Crippen LogP contribution in [0.1, 0.15) is 28.6 Å². The molecule has 0 aliphatic rings. The summed E-state index contributed by atoms with van der Waals surface area (Å²) in [4.78, 5) is 15.9. The summed E-state index contributed by atoms with van der Waals surface area (Å²) >= 11 is 0. The SMILES string of the molecule is COC[C@@H](NCc1cc(=O)c2cc(C)cc(C)c2[nH]1)c1ccnn1C. The number of nitrogens with zero attached hydrogens (tertiary/aromatic N) is 2. The third-order valence-electron chi connectivity index (χ3n) is 4.42. The van der Waals surface area contributed by atoms with Gasteiger partial charge in [0.1, 0.15) is 0 Å². The first-order valence-corrected chi connectivity index (χ1v) is 8.33. The van der Waals surface area contributed by atoms with E-state index in [1.54, 1.807) is 19.4 Å². The number of fused-ring (bicyclic) bond motifs is 1. The summed E-state index contributed by atoms with van der Waals surface area (Å²) in [5.41, 5.74) is 5.01. The lowest BCUT2D eigenvalue weighted by Crippen LogP contribution is -2.27. The van der Waals surface area contributed by atoms with Gasteiger partial charge in [-0.2, -0.15) is 5.10 Å².